The number of fused-ring (bicyclic) bond motifs is 2. The molecule has 96 valence electrons. The Balaban J connectivity index is 1.56. The number of hydrogen-bond acceptors (Lipinski definition) is 2. The summed E-state index contributed by atoms with van der Waals surface area (Å²) in [5, 5.41) is 3.32. The number of amides is 1. The number of halogens is 1. The second-order valence-corrected chi connectivity index (χ2v) is 5.94. The Kier molecular flexibility index (Phi) is 3.25. The van der Waals surface area contributed by atoms with Gasteiger partial charge in [0.05, 0.1) is 0 Å². The Bertz CT molecular complexity index is 463. The zero-order valence-corrected chi connectivity index (χ0v) is 11.0. The van der Waals surface area contributed by atoms with Gasteiger partial charge in [0.2, 0.25) is 5.91 Å². The van der Waals surface area contributed by atoms with Gasteiger partial charge >= 0.3 is 0 Å². The number of carbonyl (C=O) groups is 1. The summed E-state index contributed by atoms with van der Waals surface area (Å²) in [5.74, 6) is 2.39. The first-order valence-electron chi connectivity index (χ1n) is 6.62. The molecular weight excluding hydrogens is 248 g/mol. The topological polar surface area (TPSA) is 42.0 Å². The lowest BCUT2D eigenvalue weighted by Crippen LogP contribution is -2.20. The minimum atomic E-state index is 0.106. The fourth-order valence-corrected chi connectivity index (χ4v) is 3.73. The van der Waals surface area contributed by atoms with Gasteiger partial charge in [0.15, 0.2) is 0 Å². The lowest BCUT2D eigenvalue weighted by Gasteiger charge is -2.20. The number of hydrogen-bond donors (Lipinski definition) is 1. The summed E-state index contributed by atoms with van der Waals surface area (Å²) in [6.07, 6.45) is 7.55. The Morgan fingerprint density at radius 1 is 1.44 bits per heavy atom. The summed E-state index contributed by atoms with van der Waals surface area (Å²) in [6.45, 7) is 0. The van der Waals surface area contributed by atoms with Crippen LogP contribution in [0.2, 0.25) is 5.15 Å². The van der Waals surface area contributed by atoms with Gasteiger partial charge in [-0.25, -0.2) is 4.98 Å². The van der Waals surface area contributed by atoms with Crippen LogP contribution in [0.1, 0.15) is 32.1 Å². The predicted octanol–water partition coefficient (Wildman–Crippen LogP) is 3.50. The van der Waals surface area contributed by atoms with Crippen LogP contribution in [0, 0.1) is 17.8 Å². The molecule has 1 amide bonds. The lowest BCUT2D eigenvalue weighted by molar-refractivity contribution is -0.117. The van der Waals surface area contributed by atoms with E-state index in [0.717, 1.165) is 17.5 Å². The molecule has 4 heteroatoms. The van der Waals surface area contributed by atoms with Gasteiger partial charge in [0.25, 0.3) is 0 Å². The van der Waals surface area contributed by atoms with Crippen LogP contribution in [0.4, 0.5) is 5.69 Å². The van der Waals surface area contributed by atoms with Crippen molar-refractivity contribution < 1.29 is 4.79 Å². The molecule has 3 rings (SSSR count). The van der Waals surface area contributed by atoms with E-state index in [2.05, 4.69) is 10.3 Å². The molecule has 2 fully saturated rings. The number of pyridine rings is 1. The second-order valence-electron chi connectivity index (χ2n) is 5.55. The van der Waals surface area contributed by atoms with Gasteiger partial charge in [-0.3, -0.25) is 4.79 Å². The fourth-order valence-electron chi connectivity index (χ4n) is 3.56. The summed E-state index contributed by atoms with van der Waals surface area (Å²) in [7, 11) is 0. The maximum absolute atomic E-state index is 12.0. The maximum Gasteiger partial charge on any atom is 0.224 e. The number of carbonyl (C=O) groups excluding carboxylic acids is 1. The van der Waals surface area contributed by atoms with Crippen LogP contribution in [0.5, 0.6) is 0 Å². The molecule has 0 spiro atoms. The molecule has 2 saturated carbocycles. The van der Waals surface area contributed by atoms with E-state index in [1.54, 1.807) is 18.3 Å². The molecule has 3 unspecified atom stereocenters. The van der Waals surface area contributed by atoms with Crippen molar-refractivity contribution in [3.63, 3.8) is 0 Å². The third kappa shape index (κ3) is 2.51. The van der Waals surface area contributed by atoms with Crippen LogP contribution in [0.15, 0.2) is 18.3 Å². The molecule has 3 atom stereocenters. The van der Waals surface area contributed by atoms with E-state index in [0.29, 0.717) is 17.5 Å². The van der Waals surface area contributed by atoms with E-state index in [1.165, 1.54) is 25.7 Å². The summed E-state index contributed by atoms with van der Waals surface area (Å²) in [5.41, 5.74) is 0.739. The van der Waals surface area contributed by atoms with Crippen LogP contribution >= 0.6 is 11.6 Å². The summed E-state index contributed by atoms with van der Waals surface area (Å²) in [6, 6.07) is 3.45. The molecule has 2 aliphatic carbocycles. The molecule has 0 radical (unpaired) electrons. The molecule has 2 aliphatic rings. The normalized spacial score (nSPS) is 29.5. The molecule has 0 aliphatic heterocycles. The lowest BCUT2D eigenvalue weighted by atomic mass is 9.86. The molecule has 1 heterocycles. The number of nitrogens with zero attached hydrogens (tertiary/aromatic N) is 1. The molecule has 1 aromatic heterocycles. The van der Waals surface area contributed by atoms with Gasteiger partial charge in [-0.1, -0.05) is 18.0 Å². The molecule has 0 aromatic carbocycles. The highest BCUT2D eigenvalue weighted by Gasteiger charge is 2.40. The van der Waals surface area contributed by atoms with Crippen LogP contribution in [-0.4, -0.2) is 10.9 Å². The zero-order chi connectivity index (χ0) is 12.5. The molecule has 1 N–H and O–H groups in total. The molecule has 3 nitrogen and oxygen atoms in total. The predicted molar refractivity (Wildman–Crippen MR) is 71.4 cm³/mol. The first-order chi connectivity index (χ1) is 8.70. The monoisotopic (exact) mass is 264 g/mol. The number of anilines is 1. The smallest absolute Gasteiger partial charge is 0.224 e. The van der Waals surface area contributed by atoms with E-state index in [4.69, 9.17) is 11.6 Å². The van der Waals surface area contributed by atoms with Gasteiger partial charge in [0, 0.05) is 18.3 Å². The number of rotatable bonds is 3. The number of aromatic nitrogens is 1. The van der Waals surface area contributed by atoms with E-state index in [-0.39, 0.29) is 5.91 Å². The average molecular weight is 265 g/mol. The van der Waals surface area contributed by atoms with Crippen molar-refractivity contribution in [3.8, 4) is 0 Å². The first kappa shape index (κ1) is 12.0. The minimum absolute atomic E-state index is 0.106. The molecule has 0 saturated heterocycles. The molecular formula is C14H17ClN2O. The third-order valence-corrected chi connectivity index (χ3v) is 4.55. The van der Waals surface area contributed by atoms with Crippen molar-refractivity contribution in [1.82, 2.24) is 4.98 Å². The van der Waals surface area contributed by atoms with E-state index < -0.39 is 0 Å². The van der Waals surface area contributed by atoms with Crippen molar-refractivity contribution in [2.75, 3.05) is 5.32 Å². The van der Waals surface area contributed by atoms with Gasteiger partial charge in [0.1, 0.15) is 5.15 Å². The van der Waals surface area contributed by atoms with Gasteiger partial charge in [-0.15, -0.1) is 0 Å². The van der Waals surface area contributed by atoms with Crippen LogP contribution < -0.4 is 5.32 Å². The maximum atomic E-state index is 12.0. The fraction of sp³-hybridized carbons (Fsp3) is 0.571. The van der Waals surface area contributed by atoms with Crippen molar-refractivity contribution in [1.29, 1.82) is 0 Å². The van der Waals surface area contributed by atoms with E-state index in [9.17, 15) is 4.79 Å². The second kappa shape index (κ2) is 4.88. The van der Waals surface area contributed by atoms with Crippen LogP contribution in [0.3, 0.4) is 0 Å². The van der Waals surface area contributed by atoms with E-state index in [1.807, 2.05) is 0 Å². The van der Waals surface area contributed by atoms with Crippen molar-refractivity contribution in [2.24, 2.45) is 17.8 Å². The third-order valence-electron chi connectivity index (χ3n) is 4.34. The van der Waals surface area contributed by atoms with E-state index >= 15 is 0 Å². The Morgan fingerprint density at radius 2 is 2.33 bits per heavy atom. The SMILES string of the molecule is O=C(CC1CC2CCC1C2)Nc1ccnc(Cl)c1. The molecule has 18 heavy (non-hydrogen) atoms. The van der Waals surface area contributed by atoms with Crippen LogP contribution in [-0.2, 0) is 4.79 Å². The Hall–Kier alpha value is -1.09. The zero-order valence-electron chi connectivity index (χ0n) is 10.2. The summed E-state index contributed by atoms with van der Waals surface area (Å²) < 4.78 is 0. The first-order valence-corrected chi connectivity index (χ1v) is 7.00. The minimum Gasteiger partial charge on any atom is -0.326 e. The summed E-state index contributed by atoms with van der Waals surface area (Å²) in [4.78, 5) is 15.9. The average Bonchev–Trinajstić information content (AvgIpc) is 2.90. The van der Waals surface area contributed by atoms with Crippen LogP contribution in [0.25, 0.3) is 0 Å². The largest absolute Gasteiger partial charge is 0.326 e. The highest BCUT2D eigenvalue weighted by molar-refractivity contribution is 6.29. The van der Waals surface area contributed by atoms with Crippen molar-refractivity contribution in [2.45, 2.75) is 32.1 Å². The Morgan fingerprint density at radius 3 is 3.00 bits per heavy atom. The molecule has 2 bridgehead atoms. The molecule has 1 aromatic rings. The number of nitrogens with one attached hydrogen (secondary N) is 1. The van der Waals surface area contributed by atoms with Crippen molar-refractivity contribution in [3.05, 3.63) is 23.5 Å². The highest BCUT2D eigenvalue weighted by Crippen LogP contribution is 2.49. The van der Waals surface area contributed by atoms with Crippen molar-refractivity contribution >= 4 is 23.2 Å². The summed E-state index contributed by atoms with van der Waals surface area (Å²) >= 11 is 5.79. The van der Waals surface area contributed by atoms with Gasteiger partial charge in [-0.2, -0.15) is 0 Å². The Labute approximate surface area is 112 Å². The highest BCUT2D eigenvalue weighted by atomic mass is 35.5. The van der Waals surface area contributed by atoms with Gasteiger partial charge in [-0.05, 0) is 49.1 Å². The quantitative estimate of drug-likeness (QED) is 0.849. The van der Waals surface area contributed by atoms with Gasteiger partial charge < -0.3 is 5.32 Å². The standard InChI is InChI=1S/C14H17ClN2O/c15-13-8-12(3-4-16-13)17-14(18)7-11-6-9-1-2-10(11)5-9/h3-4,8-11H,1-2,5-7H2,(H,16,17,18).